The molecule has 2 aliphatic rings. The Bertz CT molecular complexity index is 556. The van der Waals surface area contributed by atoms with Crippen LogP contribution in [-0.2, 0) is 9.53 Å². The molecule has 5 nitrogen and oxygen atoms in total. The Kier molecular flexibility index (Phi) is 7.54. The van der Waals surface area contributed by atoms with Crippen LogP contribution in [0.15, 0.2) is 24.3 Å². The Labute approximate surface area is 156 Å². The number of hydrogen-bond donors (Lipinski definition) is 2. The van der Waals surface area contributed by atoms with Crippen LogP contribution in [0.2, 0.25) is 0 Å². The van der Waals surface area contributed by atoms with Crippen molar-refractivity contribution in [3.63, 3.8) is 0 Å². The number of benzene rings is 1. The Balaban J connectivity index is 0.00000225. The molecule has 25 heavy (non-hydrogen) atoms. The van der Waals surface area contributed by atoms with Crippen LogP contribution in [0.25, 0.3) is 0 Å². The van der Waals surface area contributed by atoms with E-state index in [4.69, 9.17) is 9.47 Å². The van der Waals surface area contributed by atoms with Gasteiger partial charge < -0.3 is 20.1 Å². The fraction of sp³-hybridized carbons (Fsp3) is 0.632. The van der Waals surface area contributed by atoms with Crippen LogP contribution in [0.4, 0.5) is 0 Å². The van der Waals surface area contributed by atoms with E-state index in [1.54, 1.807) is 7.11 Å². The van der Waals surface area contributed by atoms with Crippen molar-refractivity contribution in [1.82, 2.24) is 10.6 Å². The van der Waals surface area contributed by atoms with Gasteiger partial charge in [0, 0.05) is 25.5 Å². The molecule has 2 aliphatic heterocycles. The number of amides is 1. The maximum atomic E-state index is 12.5. The number of halogens is 1. The first kappa shape index (κ1) is 20.0. The molecule has 0 bridgehead atoms. The number of carbonyl (C=O) groups is 1. The van der Waals surface area contributed by atoms with E-state index >= 15 is 0 Å². The molecule has 1 amide bonds. The van der Waals surface area contributed by atoms with Gasteiger partial charge in [-0.2, -0.15) is 0 Å². The van der Waals surface area contributed by atoms with Gasteiger partial charge in [0.2, 0.25) is 5.91 Å². The molecule has 1 atom stereocenters. The van der Waals surface area contributed by atoms with Crippen molar-refractivity contribution in [3.8, 4) is 5.75 Å². The molecule has 0 aliphatic carbocycles. The molecule has 0 radical (unpaired) electrons. The average molecular weight is 369 g/mol. The molecule has 1 unspecified atom stereocenters. The summed E-state index contributed by atoms with van der Waals surface area (Å²) in [6, 6.07) is 8.06. The Morgan fingerprint density at radius 3 is 2.88 bits per heavy atom. The van der Waals surface area contributed by atoms with Crippen molar-refractivity contribution in [1.29, 1.82) is 0 Å². The number of piperidine rings is 1. The van der Waals surface area contributed by atoms with Gasteiger partial charge in [-0.1, -0.05) is 18.2 Å². The molecule has 3 rings (SSSR count). The summed E-state index contributed by atoms with van der Waals surface area (Å²) in [4.78, 5) is 12.5. The van der Waals surface area contributed by atoms with Crippen molar-refractivity contribution in [3.05, 3.63) is 29.8 Å². The second-order valence-electron chi connectivity index (χ2n) is 7.04. The molecule has 1 aromatic rings. The van der Waals surface area contributed by atoms with Crippen molar-refractivity contribution in [2.75, 3.05) is 40.0 Å². The average Bonchev–Trinajstić information content (AvgIpc) is 2.62. The molecule has 1 saturated heterocycles. The standard InChI is InChI=1S/C19H28N2O3.ClH/c1-23-14-19(7-9-20-10-8-19)13-21-18(22)12-15-6-11-24-17-5-3-2-4-16(15)17;/h2-5,15,20H,6-14H2,1H3,(H,21,22);1H. The smallest absolute Gasteiger partial charge is 0.220 e. The van der Waals surface area contributed by atoms with Crippen molar-refractivity contribution in [2.24, 2.45) is 5.41 Å². The van der Waals surface area contributed by atoms with Gasteiger partial charge in [0.05, 0.1) is 13.2 Å². The first-order valence-corrected chi connectivity index (χ1v) is 8.90. The summed E-state index contributed by atoms with van der Waals surface area (Å²) in [6.45, 7) is 4.08. The monoisotopic (exact) mass is 368 g/mol. The Hall–Kier alpha value is -1.30. The Morgan fingerprint density at radius 2 is 2.12 bits per heavy atom. The number of rotatable bonds is 6. The minimum absolute atomic E-state index is 0. The highest BCUT2D eigenvalue weighted by Crippen LogP contribution is 2.35. The molecule has 2 heterocycles. The third kappa shape index (κ3) is 5.09. The predicted octanol–water partition coefficient (Wildman–Crippen LogP) is 2.50. The number of ether oxygens (including phenoxy) is 2. The number of carbonyl (C=O) groups excluding carboxylic acids is 1. The van der Waals surface area contributed by atoms with Crippen LogP contribution >= 0.6 is 12.4 Å². The molecule has 0 spiro atoms. The minimum Gasteiger partial charge on any atom is -0.493 e. The van der Waals surface area contributed by atoms with Crippen LogP contribution in [0.3, 0.4) is 0 Å². The minimum atomic E-state index is 0. The van der Waals surface area contributed by atoms with Crippen LogP contribution < -0.4 is 15.4 Å². The second-order valence-corrected chi connectivity index (χ2v) is 7.04. The van der Waals surface area contributed by atoms with E-state index in [1.165, 1.54) is 0 Å². The quantitative estimate of drug-likeness (QED) is 0.810. The van der Waals surface area contributed by atoms with E-state index in [2.05, 4.69) is 16.7 Å². The summed E-state index contributed by atoms with van der Waals surface area (Å²) in [5.41, 5.74) is 1.23. The summed E-state index contributed by atoms with van der Waals surface area (Å²) < 4.78 is 11.1. The van der Waals surface area contributed by atoms with E-state index in [9.17, 15) is 4.79 Å². The predicted molar refractivity (Wildman–Crippen MR) is 101 cm³/mol. The van der Waals surface area contributed by atoms with Gasteiger partial charge in [0.15, 0.2) is 0 Å². The van der Waals surface area contributed by atoms with Gasteiger partial charge in [-0.25, -0.2) is 0 Å². The molecule has 0 saturated carbocycles. The fourth-order valence-corrected chi connectivity index (χ4v) is 3.85. The zero-order valence-electron chi connectivity index (χ0n) is 14.9. The largest absolute Gasteiger partial charge is 0.493 e. The normalized spacial score (nSPS) is 21.4. The van der Waals surface area contributed by atoms with E-state index in [1.807, 2.05) is 18.2 Å². The fourth-order valence-electron chi connectivity index (χ4n) is 3.85. The number of para-hydroxylation sites is 1. The summed E-state index contributed by atoms with van der Waals surface area (Å²) in [5.74, 6) is 1.31. The number of nitrogens with one attached hydrogen (secondary N) is 2. The molecule has 0 aromatic heterocycles. The van der Waals surface area contributed by atoms with E-state index in [0.717, 1.165) is 43.7 Å². The van der Waals surface area contributed by atoms with Gasteiger partial charge in [0.1, 0.15) is 5.75 Å². The zero-order chi connectivity index (χ0) is 16.8. The lowest BCUT2D eigenvalue weighted by molar-refractivity contribution is -0.122. The summed E-state index contributed by atoms with van der Waals surface area (Å²) in [6.07, 6.45) is 3.52. The molecule has 1 aromatic carbocycles. The molecule has 6 heteroatoms. The zero-order valence-corrected chi connectivity index (χ0v) is 15.7. The van der Waals surface area contributed by atoms with Gasteiger partial charge in [-0.15, -0.1) is 12.4 Å². The van der Waals surface area contributed by atoms with Crippen LogP contribution in [0.5, 0.6) is 5.75 Å². The lowest BCUT2D eigenvalue weighted by Crippen LogP contribution is -2.47. The van der Waals surface area contributed by atoms with Crippen molar-refractivity contribution in [2.45, 2.75) is 31.6 Å². The van der Waals surface area contributed by atoms with Crippen molar-refractivity contribution >= 4 is 18.3 Å². The lowest BCUT2D eigenvalue weighted by Gasteiger charge is -2.37. The van der Waals surface area contributed by atoms with E-state index < -0.39 is 0 Å². The van der Waals surface area contributed by atoms with Crippen molar-refractivity contribution < 1.29 is 14.3 Å². The van der Waals surface area contributed by atoms with E-state index in [-0.39, 0.29) is 29.6 Å². The molecule has 2 N–H and O–H groups in total. The molecule has 1 fully saturated rings. The number of fused-ring (bicyclic) bond motifs is 1. The third-order valence-corrected chi connectivity index (χ3v) is 5.29. The lowest BCUT2D eigenvalue weighted by atomic mass is 9.79. The van der Waals surface area contributed by atoms with Gasteiger partial charge >= 0.3 is 0 Å². The van der Waals surface area contributed by atoms with Crippen LogP contribution in [-0.4, -0.2) is 45.9 Å². The molecular formula is C19H29ClN2O3. The first-order valence-electron chi connectivity index (χ1n) is 8.90. The summed E-state index contributed by atoms with van der Waals surface area (Å²) >= 11 is 0. The summed E-state index contributed by atoms with van der Waals surface area (Å²) in [5, 5.41) is 6.55. The first-order chi connectivity index (χ1) is 11.7. The number of methoxy groups -OCH3 is 1. The SMILES string of the molecule is COCC1(CNC(=O)CC2CCOc3ccccc32)CCNCC1.Cl. The van der Waals surface area contributed by atoms with Gasteiger partial charge in [0.25, 0.3) is 0 Å². The van der Waals surface area contributed by atoms with Gasteiger partial charge in [-0.3, -0.25) is 4.79 Å². The van der Waals surface area contributed by atoms with E-state index in [0.29, 0.717) is 26.2 Å². The van der Waals surface area contributed by atoms with Gasteiger partial charge in [-0.05, 0) is 49.9 Å². The highest BCUT2D eigenvalue weighted by Gasteiger charge is 2.33. The highest BCUT2D eigenvalue weighted by atomic mass is 35.5. The maximum absolute atomic E-state index is 12.5. The maximum Gasteiger partial charge on any atom is 0.220 e. The summed E-state index contributed by atoms with van der Waals surface area (Å²) in [7, 11) is 1.74. The van der Waals surface area contributed by atoms with Crippen LogP contribution in [0.1, 0.15) is 37.2 Å². The molecular weight excluding hydrogens is 340 g/mol. The Morgan fingerprint density at radius 1 is 1.36 bits per heavy atom. The van der Waals surface area contributed by atoms with Crippen LogP contribution in [0, 0.1) is 5.41 Å². The number of hydrogen-bond acceptors (Lipinski definition) is 4. The molecule has 140 valence electrons. The second kappa shape index (κ2) is 9.41. The highest BCUT2D eigenvalue weighted by molar-refractivity contribution is 5.85. The third-order valence-electron chi connectivity index (χ3n) is 5.29. The topological polar surface area (TPSA) is 59.6 Å².